The average molecular weight is 515 g/mol. The van der Waals surface area contributed by atoms with Crippen molar-refractivity contribution in [3.05, 3.63) is 70.9 Å². The van der Waals surface area contributed by atoms with E-state index in [1.807, 2.05) is 0 Å². The summed E-state index contributed by atoms with van der Waals surface area (Å²) in [7, 11) is 0. The number of aromatic nitrogens is 2. The van der Waals surface area contributed by atoms with Gasteiger partial charge in [0.15, 0.2) is 11.6 Å². The highest BCUT2D eigenvalue weighted by Gasteiger charge is 2.37. The lowest BCUT2D eigenvalue weighted by molar-refractivity contribution is 0.0744. The number of nitrogens with zero attached hydrogens (tertiary/aromatic N) is 4. The highest BCUT2D eigenvalue weighted by atomic mass is 19.2. The van der Waals surface area contributed by atoms with Gasteiger partial charge in [0.2, 0.25) is 11.7 Å². The van der Waals surface area contributed by atoms with Gasteiger partial charge >= 0.3 is 6.03 Å². The molecule has 0 bridgehead atoms. The number of urea groups is 1. The van der Waals surface area contributed by atoms with E-state index in [0.717, 1.165) is 12.0 Å². The van der Waals surface area contributed by atoms with Crippen LogP contribution in [0.5, 0.6) is 0 Å². The van der Waals surface area contributed by atoms with Crippen molar-refractivity contribution in [2.45, 2.75) is 50.5 Å². The van der Waals surface area contributed by atoms with Gasteiger partial charge in [-0.25, -0.2) is 18.0 Å². The van der Waals surface area contributed by atoms with Gasteiger partial charge in [-0.05, 0) is 42.9 Å². The zero-order chi connectivity index (χ0) is 26.1. The molecular weight excluding hydrogens is 485 g/mol. The summed E-state index contributed by atoms with van der Waals surface area (Å²) in [6.07, 6.45) is 2.23. The fourth-order valence-corrected chi connectivity index (χ4v) is 5.16. The Bertz CT molecular complexity index is 1260. The minimum Gasteiger partial charge on any atom is -0.393 e. The number of aryl methyl sites for hydroxylation is 1. The van der Waals surface area contributed by atoms with E-state index in [1.165, 1.54) is 5.56 Å². The fourth-order valence-electron chi connectivity index (χ4n) is 5.16. The lowest BCUT2D eigenvalue weighted by atomic mass is 9.84. The Balaban J connectivity index is 1.42. The number of rotatable bonds is 4. The molecule has 7 nitrogen and oxygen atoms in total. The largest absolute Gasteiger partial charge is 0.393 e. The van der Waals surface area contributed by atoms with Gasteiger partial charge < -0.3 is 19.4 Å². The van der Waals surface area contributed by atoms with Crippen molar-refractivity contribution in [2.24, 2.45) is 0 Å². The van der Waals surface area contributed by atoms with Crippen molar-refractivity contribution in [3.8, 4) is 11.4 Å². The Hall–Kier alpha value is -3.40. The van der Waals surface area contributed by atoms with Crippen molar-refractivity contribution in [1.82, 2.24) is 19.9 Å². The Morgan fingerprint density at radius 1 is 1.00 bits per heavy atom. The second-order valence-electron chi connectivity index (χ2n) is 9.83. The van der Waals surface area contributed by atoms with Gasteiger partial charge in [0, 0.05) is 38.2 Å². The molecule has 37 heavy (non-hydrogen) atoms. The van der Waals surface area contributed by atoms with Gasteiger partial charge in [-0.1, -0.05) is 36.3 Å². The first kappa shape index (κ1) is 25.3. The van der Waals surface area contributed by atoms with Gasteiger partial charge in [0.25, 0.3) is 0 Å². The minimum atomic E-state index is -1.30. The first-order valence-corrected chi connectivity index (χ1v) is 12.6. The van der Waals surface area contributed by atoms with Crippen LogP contribution < -0.4 is 0 Å². The highest BCUT2D eigenvalue weighted by molar-refractivity contribution is 5.75. The summed E-state index contributed by atoms with van der Waals surface area (Å²) in [5.41, 5.74) is 2.00. The van der Waals surface area contributed by atoms with E-state index in [4.69, 9.17) is 4.52 Å². The minimum absolute atomic E-state index is 0.000612. The van der Waals surface area contributed by atoms with E-state index in [0.29, 0.717) is 57.6 Å². The molecule has 0 aliphatic carbocycles. The van der Waals surface area contributed by atoms with Crippen LogP contribution in [0.15, 0.2) is 40.9 Å². The second-order valence-corrected chi connectivity index (χ2v) is 9.83. The molecule has 10 heteroatoms. The number of aliphatic hydroxyl groups is 1. The van der Waals surface area contributed by atoms with Crippen LogP contribution >= 0.6 is 0 Å². The molecule has 3 heterocycles. The van der Waals surface area contributed by atoms with Crippen LogP contribution in [0.25, 0.3) is 11.4 Å². The van der Waals surface area contributed by atoms with Crippen LogP contribution in [-0.4, -0.2) is 63.4 Å². The smallest absolute Gasteiger partial charge is 0.320 e. The maximum atomic E-state index is 14.3. The predicted molar refractivity (Wildman–Crippen MR) is 129 cm³/mol. The third-order valence-corrected chi connectivity index (χ3v) is 7.36. The molecule has 1 N–H and O–H groups in total. The molecule has 2 saturated heterocycles. The van der Waals surface area contributed by atoms with E-state index in [9.17, 15) is 23.1 Å². The van der Waals surface area contributed by atoms with Crippen LogP contribution in [0.3, 0.4) is 0 Å². The van der Waals surface area contributed by atoms with Crippen molar-refractivity contribution >= 4 is 6.03 Å². The molecule has 196 valence electrons. The zero-order valence-corrected chi connectivity index (χ0v) is 20.5. The maximum Gasteiger partial charge on any atom is 0.320 e. The summed E-state index contributed by atoms with van der Waals surface area (Å²) in [4.78, 5) is 21.3. The standard InChI is InChI=1S/C27H29F3N4O3/c1-2-16-3-5-17(6-4-16)18-11-19(15-34(14-18)27(36)33-9-7-20(35)8-10-33)26-31-25(32-37-26)21-12-23(29)24(30)13-22(21)28/h3-6,12-13,18-20,35H,2,7-11,14-15H2,1H3. The van der Waals surface area contributed by atoms with E-state index in [-0.39, 0.29) is 35.1 Å². The van der Waals surface area contributed by atoms with Crippen molar-refractivity contribution < 1.29 is 27.6 Å². The molecule has 0 radical (unpaired) electrons. The number of benzene rings is 2. The quantitative estimate of drug-likeness (QED) is 0.503. The molecular formula is C27H29F3N4O3. The molecule has 2 atom stereocenters. The molecule has 2 amide bonds. The number of carbonyl (C=O) groups excluding carboxylic acids is 1. The van der Waals surface area contributed by atoms with Crippen molar-refractivity contribution in [3.63, 3.8) is 0 Å². The van der Waals surface area contributed by atoms with E-state index in [2.05, 4.69) is 41.3 Å². The molecule has 1 aromatic heterocycles. The fraction of sp³-hybridized carbons (Fsp3) is 0.444. The third-order valence-electron chi connectivity index (χ3n) is 7.36. The third kappa shape index (κ3) is 5.34. The Kier molecular flexibility index (Phi) is 7.19. The van der Waals surface area contributed by atoms with Crippen molar-refractivity contribution in [2.75, 3.05) is 26.2 Å². The normalized spacial score (nSPS) is 20.9. The van der Waals surface area contributed by atoms with Gasteiger partial charge in [-0.3, -0.25) is 0 Å². The number of hydrogen-bond acceptors (Lipinski definition) is 5. The summed E-state index contributed by atoms with van der Waals surface area (Å²) >= 11 is 0. The SMILES string of the molecule is CCc1ccc(C2CC(c3nc(-c4cc(F)c(F)cc4F)no3)CN(C(=O)N3CCC(O)CC3)C2)cc1. The number of carbonyl (C=O) groups is 1. The number of amides is 2. The molecule has 2 fully saturated rings. The lowest BCUT2D eigenvalue weighted by Crippen LogP contribution is -2.51. The van der Waals surface area contributed by atoms with Crippen LogP contribution in [0.2, 0.25) is 0 Å². The van der Waals surface area contributed by atoms with Crippen LogP contribution in [0.1, 0.15) is 55.0 Å². The van der Waals surface area contributed by atoms with Crippen LogP contribution in [-0.2, 0) is 6.42 Å². The van der Waals surface area contributed by atoms with Crippen LogP contribution in [0, 0.1) is 17.5 Å². The van der Waals surface area contributed by atoms with E-state index in [1.54, 1.807) is 9.80 Å². The van der Waals surface area contributed by atoms with Gasteiger partial charge in [0.1, 0.15) is 5.82 Å². The Morgan fingerprint density at radius 2 is 1.68 bits per heavy atom. The lowest BCUT2D eigenvalue weighted by Gasteiger charge is -2.40. The molecule has 2 aliphatic heterocycles. The summed E-state index contributed by atoms with van der Waals surface area (Å²) < 4.78 is 46.9. The summed E-state index contributed by atoms with van der Waals surface area (Å²) in [5.74, 6) is -3.80. The van der Waals surface area contributed by atoms with Crippen molar-refractivity contribution in [1.29, 1.82) is 0 Å². The first-order chi connectivity index (χ1) is 17.8. The first-order valence-electron chi connectivity index (χ1n) is 12.6. The zero-order valence-electron chi connectivity index (χ0n) is 20.5. The number of piperidine rings is 2. The summed E-state index contributed by atoms with van der Waals surface area (Å²) in [5, 5.41) is 13.7. The maximum absolute atomic E-state index is 14.3. The van der Waals surface area contributed by atoms with Gasteiger partial charge in [-0.2, -0.15) is 4.98 Å². The molecule has 2 unspecified atom stereocenters. The topological polar surface area (TPSA) is 82.7 Å². The van der Waals surface area contributed by atoms with Gasteiger partial charge in [0.05, 0.1) is 17.6 Å². The number of likely N-dealkylation sites (tertiary alicyclic amines) is 2. The monoisotopic (exact) mass is 514 g/mol. The van der Waals surface area contributed by atoms with Crippen LogP contribution in [0.4, 0.5) is 18.0 Å². The van der Waals surface area contributed by atoms with E-state index < -0.39 is 23.6 Å². The highest BCUT2D eigenvalue weighted by Crippen LogP contribution is 2.37. The molecule has 2 aliphatic rings. The van der Waals surface area contributed by atoms with Gasteiger partial charge in [-0.15, -0.1) is 0 Å². The predicted octanol–water partition coefficient (Wildman–Crippen LogP) is 4.87. The molecule has 0 spiro atoms. The number of halogens is 3. The summed E-state index contributed by atoms with van der Waals surface area (Å²) in [6.45, 7) is 3.89. The Labute approximate surface area is 212 Å². The van der Waals surface area contributed by atoms with E-state index >= 15 is 0 Å². The second kappa shape index (κ2) is 10.5. The molecule has 3 aromatic rings. The molecule has 0 saturated carbocycles. The Morgan fingerprint density at radius 3 is 2.38 bits per heavy atom. The molecule has 2 aromatic carbocycles. The molecule has 5 rings (SSSR count). The average Bonchev–Trinajstić information content (AvgIpc) is 3.41. The number of hydrogen-bond donors (Lipinski definition) is 1. The number of aliphatic hydroxyl groups excluding tert-OH is 1. The summed E-state index contributed by atoms with van der Waals surface area (Å²) in [6, 6.07) is 9.34.